The van der Waals surface area contributed by atoms with Crippen LogP contribution in [0.25, 0.3) is 16.7 Å². The molecule has 4 N–H and O–H groups in total. The largest absolute Gasteiger partial charge is 0.496 e. The van der Waals surface area contributed by atoms with E-state index < -0.39 is 21.7 Å². The maximum atomic E-state index is 12.4. The second-order valence-corrected chi connectivity index (χ2v) is 7.72. The Bertz CT molecular complexity index is 1180. The third-order valence-corrected chi connectivity index (χ3v) is 4.98. The molecule has 140 valence electrons. The Morgan fingerprint density at radius 1 is 1.22 bits per heavy atom. The Hall–Kier alpha value is -3.40. The van der Waals surface area contributed by atoms with Crippen LogP contribution in [-0.4, -0.2) is 43.2 Å². The molecule has 0 atom stereocenters. The average Bonchev–Trinajstić information content (AvgIpc) is 3.03. The lowest BCUT2D eigenvalue weighted by Crippen LogP contribution is -2.24. The molecule has 0 radical (unpaired) electrons. The van der Waals surface area contributed by atoms with Crippen LogP contribution in [0.5, 0.6) is 5.75 Å². The number of ether oxygens (including phenoxy) is 1. The van der Waals surface area contributed by atoms with Crippen LogP contribution < -0.4 is 16.2 Å². The molecular formula is C17H17N5O4S. The molecule has 0 spiro atoms. The maximum Gasteiger partial charge on any atom is 0.283 e. The molecule has 3 aromatic rings. The van der Waals surface area contributed by atoms with Crippen molar-refractivity contribution in [2.24, 2.45) is 16.5 Å². The lowest BCUT2D eigenvalue weighted by atomic mass is 10.1. The number of sulfone groups is 1. The van der Waals surface area contributed by atoms with Gasteiger partial charge < -0.3 is 16.2 Å². The summed E-state index contributed by atoms with van der Waals surface area (Å²) in [5.41, 5.74) is 12.1. The molecule has 3 rings (SSSR count). The Morgan fingerprint density at radius 2 is 1.93 bits per heavy atom. The third kappa shape index (κ3) is 3.47. The third-order valence-electron chi connectivity index (χ3n) is 3.85. The average molecular weight is 387 g/mol. The van der Waals surface area contributed by atoms with E-state index >= 15 is 0 Å². The van der Waals surface area contributed by atoms with Crippen LogP contribution in [0.2, 0.25) is 0 Å². The van der Waals surface area contributed by atoms with Gasteiger partial charge in [0.25, 0.3) is 5.91 Å². The molecule has 0 aliphatic rings. The highest BCUT2D eigenvalue weighted by molar-refractivity contribution is 7.90. The van der Waals surface area contributed by atoms with Gasteiger partial charge in [-0.2, -0.15) is 4.99 Å². The van der Waals surface area contributed by atoms with E-state index in [9.17, 15) is 13.2 Å². The van der Waals surface area contributed by atoms with E-state index in [4.69, 9.17) is 16.2 Å². The zero-order valence-electron chi connectivity index (χ0n) is 14.6. The lowest BCUT2D eigenvalue weighted by molar-refractivity contribution is 0.0999. The summed E-state index contributed by atoms with van der Waals surface area (Å²) < 4.78 is 31.7. The number of fused-ring (bicyclic) bond motifs is 1. The fourth-order valence-corrected chi connectivity index (χ4v) is 3.57. The Kier molecular flexibility index (Phi) is 4.58. The first kappa shape index (κ1) is 18.4. The number of nitrogens with two attached hydrogens (primary N) is 2. The molecular weight excluding hydrogens is 370 g/mol. The molecule has 9 nitrogen and oxygen atoms in total. The summed E-state index contributed by atoms with van der Waals surface area (Å²) in [6.07, 6.45) is 2.55. The Labute approximate surface area is 155 Å². The number of rotatable bonds is 4. The van der Waals surface area contributed by atoms with Crippen LogP contribution >= 0.6 is 0 Å². The quantitative estimate of drug-likeness (QED) is 0.499. The molecule has 10 heteroatoms. The minimum atomic E-state index is -3.70. The number of benzene rings is 2. The number of imidazole rings is 1. The van der Waals surface area contributed by atoms with Crippen LogP contribution in [0, 0.1) is 0 Å². The first-order valence-corrected chi connectivity index (χ1v) is 9.60. The van der Waals surface area contributed by atoms with E-state index in [1.165, 1.54) is 25.6 Å². The molecule has 0 unspecified atom stereocenters. The van der Waals surface area contributed by atoms with Crippen molar-refractivity contribution in [2.75, 3.05) is 13.4 Å². The smallest absolute Gasteiger partial charge is 0.283 e. The summed E-state index contributed by atoms with van der Waals surface area (Å²) in [6, 6.07) is 9.90. The van der Waals surface area contributed by atoms with Gasteiger partial charge in [0.15, 0.2) is 15.8 Å². The summed E-state index contributed by atoms with van der Waals surface area (Å²) in [5, 5.41) is 0. The number of carbonyl (C=O) groups is 1. The van der Waals surface area contributed by atoms with Crippen molar-refractivity contribution < 1.29 is 17.9 Å². The van der Waals surface area contributed by atoms with Gasteiger partial charge in [0, 0.05) is 12.3 Å². The number of nitrogens with zero attached hydrogens (tertiary/aromatic N) is 3. The number of hydrogen-bond donors (Lipinski definition) is 2. The number of hydrogen-bond acceptors (Lipinski definition) is 5. The van der Waals surface area contributed by atoms with Crippen molar-refractivity contribution in [3.63, 3.8) is 0 Å². The van der Waals surface area contributed by atoms with Gasteiger partial charge in [-0.3, -0.25) is 9.36 Å². The van der Waals surface area contributed by atoms with Gasteiger partial charge >= 0.3 is 0 Å². The van der Waals surface area contributed by atoms with Crippen molar-refractivity contribution in [2.45, 2.75) is 4.90 Å². The highest BCUT2D eigenvalue weighted by atomic mass is 32.2. The van der Waals surface area contributed by atoms with Gasteiger partial charge in [0.2, 0.25) is 0 Å². The molecule has 1 amide bonds. The molecule has 0 aliphatic heterocycles. The predicted octanol–water partition coefficient (Wildman–Crippen LogP) is 0.851. The SMILES string of the molecule is COc1cc(-n2cnc3ccccc32)c(S(C)(=O)=O)cc1C(=O)N=C(N)N. The van der Waals surface area contributed by atoms with Crippen LogP contribution in [0.15, 0.2) is 52.6 Å². The molecule has 0 saturated carbocycles. The second-order valence-electron chi connectivity index (χ2n) is 5.74. The van der Waals surface area contributed by atoms with Crippen molar-refractivity contribution in [3.8, 4) is 11.4 Å². The molecule has 0 saturated heterocycles. The van der Waals surface area contributed by atoms with Crippen molar-refractivity contribution in [3.05, 3.63) is 48.3 Å². The van der Waals surface area contributed by atoms with E-state index in [-0.39, 0.29) is 16.2 Å². The van der Waals surface area contributed by atoms with Crippen LogP contribution in [0.3, 0.4) is 0 Å². The van der Waals surface area contributed by atoms with Crippen molar-refractivity contribution in [1.29, 1.82) is 0 Å². The lowest BCUT2D eigenvalue weighted by Gasteiger charge is -2.14. The normalized spacial score (nSPS) is 11.3. The molecule has 0 bridgehead atoms. The molecule has 1 heterocycles. The Balaban J connectivity index is 2.35. The highest BCUT2D eigenvalue weighted by Gasteiger charge is 2.23. The van der Waals surface area contributed by atoms with E-state index in [0.717, 1.165) is 6.26 Å². The number of methoxy groups -OCH3 is 1. The minimum absolute atomic E-state index is 0.0699. The second kappa shape index (κ2) is 6.72. The standard InChI is InChI=1S/C17H17N5O4S/c1-26-14-8-13(22-9-20-11-5-3-4-6-12(11)22)15(27(2,24)25)7-10(14)16(23)21-17(18)19/h3-9H,1-2H3,(H4,18,19,21,23). The number of amides is 1. The van der Waals surface area contributed by atoms with Gasteiger partial charge in [0.05, 0.1) is 34.3 Å². The van der Waals surface area contributed by atoms with Crippen molar-refractivity contribution in [1.82, 2.24) is 9.55 Å². The summed E-state index contributed by atoms with van der Waals surface area (Å²) in [5.74, 6) is -1.11. The molecule has 0 aliphatic carbocycles. The number of aliphatic imine (C=N–C) groups is 1. The van der Waals surface area contributed by atoms with Gasteiger partial charge in [-0.25, -0.2) is 13.4 Å². The summed E-state index contributed by atoms with van der Waals surface area (Å²) in [6.45, 7) is 0. The first-order chi connectivity index (χ1) is 12.7. The molecule has 27 heavy (non-hydrogen) atoms. The van der Waals surface area contributed by atoms with Gasteiger partial charge in [-0.15, -0.1) is 0 Å². The van der Waals surface area contributed by atoms with Crippen molar-refractivity contribution >= 4 is 32.7 Å². The summed E-state index contributed by atoms with van der Waals surface area (Å²) >= 11 is 0. The topological polar surface area (TPSA) is 143 Å². The highest BCUT2D eigenvalue weighted by Crippen LogP contribution is 2.32. The molecule has 2 aromatic carbocycles. The minimum Gasteiger partial charge on any atom is -0.496 e. The zero-order chi connectivity index (χ0) is 19.8. The predicted molar refractivity (Wildman–Crippen MR) is 101 cm³/mol. The summed E-state index contributed by atoms with van der Waals surface area (Å²) in [7, 11) is -2.35. The first-order valence-electron chi connectivity index (χ1n) is 7.71. The van der Waals surface area contributed by atoms with Crippen LogP contribution in [0.4, 0.5) is 0 Å². The maximum absolute atomic E-state index is 12.4. The van der Waals surface area contributed by atoms with E-state index in [0.29, 0.717) is 16.7 Å². The number of para-hydroxylation sites is 2. The van der Waals surface area contributed by atoms with E-state index in [1.54, 1.807) is 16.7 Å². The van der Waals surface area contributed by atoms with Gasteiger partial charge in [0.1, 0.15) is 12.1 Å². The van der Waals surface area contributed by atoms with Crippen LogP contribution in [-0.2, 0) is 9.84 Å². The molecule has 1 aromatic heterocycles. The number of carbonyl (C=O) groups excluding carboxylic acids is 1. The van der Waals surface area contributed by atoms with E-state index in [1.807, 2.05) is 12.1 Å². The number of aromatic nitrogens is 2. The monoisotopic (exact) mass is 387 g/mol. The fourth-order valence-electron chi connectivity index (χ4n) is 2.70. The van der Waals surface area contributed by atoms with Gasteiger partial charge in [-0.1, -0.05) is 12.1 Å². The summed E-state index contributed by atoms with van der Waals surface area (Å²) in [4.78, 5) is 19.9. The van der Waals surface area contributed by atoms with Crippen LogP contribution in [0.1, 0.15) is 10.4 Å². The van der Waals surface area contributed by atoms with Gasteiger partial charge in [-0.05, 0) is 18.2 Å². The zero-order valence-corrected chi connectivity index (χ0v) is 15.4. The number of guanidine groups is 1. The molecule has 0 fully saturated rings. The Morgan fingerprint density at radius 3 is 2.56 bits per heavy atom. The van der Waals surface area contributed by atoms with E-state index in [2.05, 4.69) is 9.98 Å². The fraction of sp³-hybridized carbons (Fsp3) is 0.118.